The molecule has 15 heavy (non-hydrogen) atoms. The van der Waals surface area contributed by atoms with Crippen molar-refractivity contribution in [3.05, 3.63) is 0 Å². The maximum atomic E-state index is 11.4. The molecule has 0 aromatic carbocycles. The van der Waals surface area contributed by atoms with Crippen molar-refractivity contribution in [2.24, 2.45) is 17.3 Å². The van der Waals surface area contributed by atoms with E-state index in [1.54, 1.807) is 0 Å². The molecule has 1 saturated heterocycles. The maximum Gasteiger partial charge on any atom is 0.126 e. The Balaban J connectivity index is 2.06. The summed E-state index contributed by atoms with van der Waals surface area (Å²) in [4.78, 5) is 11.4. The molecule has 86 valence electrons. The zero-order chi connectivity index (χ0) is 10.7. The molecule has 2 unspecified atom stereocenters. The molecule has 0 aromatic heterocycles. The van der Waals surface area contributed by atoms with Crippen LogP contribution in [-0.4, -0.2) is 19.5 Å². The zero-order valence-electron chi connectivity index (χ0n) is 9.71. The van der Waals surface area contributed by atoms with Gasteiger partial charge in [-0.1, -0.05) is 19.8 Å². The SMILES string of the molecule is CC1CCCC(C2(C=O)CCOCC2)C1. The molecular formula is C13H22O2. The molecule has 2 fully saturated rings. The van der Waals surface area contributed by atoms with Gasteiger partial charge in [0.15, 0.2) is 0 Å². The standard InChI is InChI=1S/C13H22O2/c1-11-3-2-4-12(9-11)13(10-14)5-7-15-8-6-13/h10-12H,2-9H2,1H3. The molecule has 0 aromatic rings. The van der Waals surface area contributed by atoms with E-state index >= 15 is 0 Å². The van der Waals surface area contributed by atoms with Crippen LogP contribution in [0, 0.1) is 17.3 Å². The summed E-state index contributed by atoms with van der Waals surface area (Å²) in [6, 6.07) is 0. The van der Waals surface area contributed by atoms with Crippen LogP contribution in [0.4, 0.5) is 0 Å². The van der Waals surface area contributed by atoms with Crippen molar-refractivity contribution in [1.29, 1.82) is 0 Å². The van der Waals surface area contributed by atoms with Crippen LogP contribution in [0.15, 0.2) is 0 Å². The quantitative estimate of drug-likeness (QED) is 0.655. The molecule has 0 spiro atoms. The summed E-state index contributed by atoms with van der Waals surface area (Å²) in [5.74, 6) is 1.44. The highest BCUT2D eigenvalue weighted by atomic mass is 16.5. The summed E-state index contributed by atoms with van der Waals surface area (Å²) >= 11 is 0. The Labute approximate surface area is 92.4 Å². The van der Waals surface area contributed by atoms with E-state index in [2.05, 4.69) is 6.92 Å². The molecule has 0 amide bonds. The smallest absolute Gasteiger partial charge is 0.126 e. The van der Waals surface area contributed by atoms with Gasteiger partial charge in [-0.3, -0.25) is 0 Å². The van der Waals surface area contributed by atoms with Gasteiger partial charge in [0, 0.05) is 18.6 Å². The van der Waals surface area contributed by atoms with Crippen molar-refractivity contribution in [3.8, 4) is 0 Å². The highest BCUT2D eigenvalue weighted by Crippen LogP contribution is 2.45. The molecule has 0 N–H and O–H groups in total. The largest absolute Gasteiger partial charge is 0.381 e. The second-order valence-electron chi connectivity index (χ2n) is 5.43. The molecular weight excluding hydrogens is 188 g/mol. The Morgan fingerprint density at radius 2 is 2.00 bits per heavy atom. The second kappa shape index (κ2) is 4.65. The topological polar surface area (TPSA) is 26.3 Å². The van der Waals surface area contributed by atoms with Crippen LogP contribution < -0.4 is 0 Å². The molecule has 2 nitrogen and oxygen atoms in total. The minimum Gasteiger partial charge on any atom is -0.381 e. The van der Waals surface area contributed by atoms with Crippen LogP contribution in [-0.2, 0) is 9.53 Å². The van der Waals surface area contributed by atoms with Crippen LogP contribution in [0.2, 0.25) is 0 Å². The predicted octanol–water partition coefficient (Wildman–Crippen LogP) is 2.81. The van der Waals surface area contributed by atoms with Crippen LogP contribution in [0.5, 0.6) is 0 Å². The van der Waals surface area contributed by atoms with Gasteiger partial charge in [0.05, 0.1) is 0 Å². The van der Waals surface area contributed by atoms with E-state index in [4.69, 9.17) is 4.74 Å². The lowest BCUT2D eigenvalue weighted by Gasteiger charge is -2.42. The number of carbonyl (C=O) groups is 1. The Morgan fingerprint density at radius 1 is 1.27 bits per heavy atom. The van der Waals surface area contributed by atoms with Crippen molar-refractivity contribution >= 4 is 6.29 Å². The van der Waals surface area contributed by atoms with E-state index < -0.39 is 0 Å². The van der Waals surface area contributed by atoms with Gasteiger partial charge in [-0.05, 0) is 37.5 Å². The first-order chi connectivity index (χ1) is 7.27. The third-order valence-corrected chi connectivity index (χ3v) is 4.41. The zero-order valence-corrected chi connectivity index (χ0v) is 9.71. The second-order valence-corrected chi connectivity index (χ2v) is 5.43. The van der Waals surface area contributed by atoms with Crippen LogP contribution in [0.1, 0.15) is 45.4 Å². The highest BCUT2D eigenvalue weighted by Gasteiger charge is 2.41. The molecule has 2 atom stereocenters. The van der Waals surface area contributed by atoms with Crippen LogP contribution in [0.25, 0.3) is 0 Å². The summed E-state index contributed by atoms with van der Waals surface area (Å²) in [5, 5.41) is 0. The first-order valence-corrected chi connectivity index (χ1v) is 6.31. The predicted molar refractivity (Wildman–Crippen MR) is 59.7 cm³/mol. The molecule has 1 heterocycles. The van der Waals surface area contributed by atoms with Gasteiger partial charge in [-0.2, -0.15) is 0 Å². The molecule has 1 saturated carbocycles. The lowest BCUT2D eigenvalue weighted by Crippen LogP contribution is -2.40. The molecule has 0 radical (unpaired) electrons. The Morgan fingerprint density at radius 3 is 2.60 bits per heavy atom. The molecule has 2 heteroatoms. The number of hydrogen-bond acceptors (Lipinski definition) is 2. The Hall–Kier alpha value is -0.370. The monoisotopic (exact) mass is 210 g/mol. The van der Waals surface area contributed by atoms with Gasteiger partial charge < -0.3 is 9.53 Å². The normalized spacial score (nSPS) is 36.1. The fraction of sp³-hybridized carbons (Fsp3) is 0.923. The van der Waals surface area contributed by atoms with E-state index in [-0.39, 0.29) is 5.41 Å². The average Bonchev–Trinajstić information content (AvgIpc) is 2.30. The first-order valence-electron chi connectivity index (χ1n) is 6.31. The first kappa shape index (κ1) is 11.1. The van der Waals surface area contributed by atoms with E-state index in [0.717, 1.165) is 32.0 Å². The summed E-state index contributed by atoms with van der Waals surface area (Å²) in [7, 11) is 0. The minimum absolute atomic E-state index is 0.0348. The van der Waals surface area contributed by atoms with Gasteiger partial charge in [-0.25, -0.2) is 0 Å². The molecule has 2 rings (SSSR count). The fourth-order valence-corrected chi connectivity index (χ4v) is 3.33. The number of rotatable bonds is 2. The number of hydrogen-bond donors (Lipinski definition) is 0. The van der Waals surface area contributed by atoms with E-state index in [0.29, 0.717) is 5.92 Å². The number of aldehydes is 1. The molecule has 0 bridgehead atoms. The summed E-state index contributed by atoms with van der Waals surface area (Å²) < 4.78 is 5.39. The Kier molecular flexibility index (Phi) is 3.45. The number of ether oxygens (including phenoxy) is 1. The lowest BCUT2D eigenvalue weighted by molar-refractivity contribution is -0.127. The van der Waals surface area contributed by atoms with Gasteiger partial charge in [0.25, 0.3) is 0 Å². The molecule has 1 aliphatic carbocycles. The number of carbonyl (C=O) groups excluding carboxylic acids is 1. The minimum atomic E-state index is -0.0348. The van der Waals surface area contributed by atoms with Gasteiger partial charge in [0.1, 0.15) is 6.29 Å². The third-order valence-electron chi connectivity index (χ3n) is 4.41. The molecule has 2 aliphatic rings. The van der Waals surface area contributed by atoms with Crippen molar-refractivity contribution in [1.82, 2.24) is 0 Å². The van der Waals surface area contributed by atoms with Crippen molar-refractivity contribution in [2.45, 2.75) is 45.4 Å². The van der Waals surface area contributed by atoms with Gasteiger partial charge in [0.2, 0.25) is 0 Å². The summed E-state index contributed by atoms with van der Waals surface area (Å²) in [6.07, 6.45) is 8.31. The van der Waals surface area contributed by atoms with Gasteiger partial charge in [-0.15, -0.1) is 0 Å². The lowest BCUT2D eigenvalue weighted by atomic mass is 9.64. The average molecular weight is 210 g/mol. The summed E-state index contributed by atoms with van der Waals surface area (Å²) in [6.45, 7) is 3.89. The fourth-order valence-electron chi connectivity index (χ4n) is 3.33. The third kappa shape index (κ3) is 2.25. The van der Waals surface area contributed by atoms with Crippen LogP contribution >= 0.6 is 0 Å². The van der Waals surface area contributed by atoms with Crippen molar-refractivity contribution in [3.63, 3.8) is 0 Å². The van der Waals surface area contributed by atoms with Gasteiger partial charge >= 0.3 is 0 Å². The van der Waals surface area contributed by atoms with E-state index in [1.807, 2.05) is 0 Å². The van der Waals surface area contributed by atoms with Crippen LogP contribution in [0.3, 0.4) is 0 Å². The Bertz CT molecular complexity index is 219. The maximum absolute atomic E-state index is 11.4. The van der Waals surface area contributed by atoms with E-state index in [1.165, 1.54) is 32.0 Å². The highest BCUT2D eigenvalue weighted by molar-refractivity contribution is 5.60. The molecule has 1 aliphatic heterocycles. The summed E-state index contributed by atoms with van der Waals surface area (Å²) in [5.41, 5.74) is -0.0348. The van der Waals surface area contributed by atoms with Crippen molar-refractivity contribution in [2.75, 3.05) is 13.2 Å². The van der Waals surface area contributed by atoms with E-state index in [9.17, 15) is 4.79 Å². The van der Waals surface area contributed by atoms with Crippen molar-refractivity contribution < 1.29 is 9.53 Å².